The Morgan fingerprint density at radius 1 is 1.14 bits per heavy atom. The van der Waals surface area contributed by atoms with Crippen LogP contribution in [0, 0.1) is 5.41 Å². The Hall–Kier alpha value is -0.570. The molecule has 0 heterocycles. The summed E-state index contributed by atoms with van der Waals surface area (Å²) in [5.74, 6) is -0.675. The number of rotatable bonds is 8. The topological polar surface area (TPSA) is 57.5 Å². The van der Waals surface area contributed by atoms with E-state index in [-0.39, 0.29) is 6.61 Å². The van der Waals surface area contributed by atoms with E-state index >= 15 is 0 Å². The molecule has 84 valence electrons. The van der Waals surface area contributed by atoms with Crippen LogP contribution in [-0.4, -0.2) is 22.8 Å². The number of unbranched alkanes of at least 4 members (excludes halogenated alkanes) is 2. The number of aliphatic hydroxyl groups is 1. The molecule has 0 saturated heterocycles. The van der Waals surface area contributed by atoms with Crippen LogP contribution in [0.4, 0.5) is 0 Å². The number of carboxylic acids is 1. The van der Waals surface area contributed by atoms with Gasteiger partial charge in [-0.2, -0.15) is 0 Å². The van der Waals surface area contributed by atoms with E-state index in [9.17, 15) is 4.79 Å². The zero-order valence-corrected chi connectivity index (χ0v) is 9.25. The van der Waals surface area contributed by atoms with Crippen LogP contribution in [-0.2, 0) is 4.79 Å². The Labute approximate surface area is 86.1 Å². The van der Waals surface area contributed by atoms with Crippen LogP contribution in [0.1, 0.15) is 52.4 Å². The monoisotopic (exact) mass is 202 g/mol. The van der Waals surface area contributed by atoms with Gasteiger partial charge < -0.3 is 10.2 Å². The fourth-order valence-corrected chi connectivity index (χ4v) is 1.76. The van der Waals surface area contributed by atoms with Gasteiger partial charge in [0.25, 0.3) is 0 Å². The van der Waals surface area contributed by atoms with Crippen molar-refractivity contribution in [1.82, 2.24) is 0 Å². The van der Waals surface area contributed by atoms with Crippen molar-refractivity contribution >= 4 is 5.97 Å². The summed E-state index contributed by atoms with van der Waals surface area (Å²) in [6.07, 6.45) is 4.72. The Morgan fingerprint density at radius 3 is 2.07 bits per heavy atom. The summed E-state index contributed by atoms with van der Waals surface area (Å²) < 4.78 is 0. The normalized spacial score (nSPS) is 11.6. The number of aliphatic carboxylic acids is 1. The molecule has 0 radical (unpaired) electrons. The number of aliphatic hydroxyl groups excluding tert-OH is 1. The molecule has 0 rings (SSSR count). The summed E-state index contributed by atoms with van der Waals surface area (Å²) >= 11 is 0. The Kier molecular flexibility index (Phi) is 6.54. The third-order valence-corrected chi connectivity index (χ3v) is 3.12. The van der Waals surface area contributed by atoms with E-state index in [1.54, 1.807) is 0 Å². The minimum Gasteiger partial charge on any atom is -0.481 e. The van der Waals surface area contributed by atoms with Gasteiger partial charge in [0.05, 0.1) is 5.41 Å². The molecular weight excluding hydrogens is 180 g/mol. The van der Waals surface area contributed by atoms with Crippen molar-refractivity contribution in [2.75, 3.05) is 6.61 Å². The number of hydrogen-bond acceptors (Lipinski definition) is 2. The second-order valence-corrected chi connectivity index (χ2v) is 3.83. The lowest BCUT2D eigenvalue weighted by molar-refractivity contribution is -0.150. The van der Waals surface area contributed by atoms with E-state index in [1.807, 2.05) is 13.8 Å². The molecule has 0 spiro atoms. The van der Waals surface area contributed by atoms with Gasteiger partial charge >= 0.3 is 5.97 Å². The third-order valence-electron chi connectivity index (χ3n) is 3.12. The van der Waals surface area contributed by atoms with Crippen molar-refractivity contribution in [3.8, 4) is 0 Å². The maximum absolute atomic E-state index is 11.1. The Morgan fingerprint density at radius 2 is 1.71 bits per heavy atom. The summed E-state index contributed by atoms with van der Waals surface area (Å²) in [4.78, 5) is 11.1. The van der Waals surface area contributed by atoms with Gasteiger partial charge in [-0.15, -0.1) is 0 Å². The number of carboxylic acid groups (broad SMARTS) is 1. The van der Waals surface area contributed by atoms with Crippen molar-refractivity contribution in [2.45, 2.75) is 52.4 Å². The average molecular weight is 202 g/mol. The van der Waals surface area contributed by atoms with Crippen molar-refractivity contribution in [2.24, 2.45) is 5.41 Å². The second kappa shape index (κ2) is 6.82. The lowest BCUT2D eigenvalue weighted by Crippen LogP contribution is -2.29. The maximum atomic E-state index is 11.1. The first kappa shape index (κ1) is 13.4. The number of hydrogen-bond donors (Lipinski definition) is 2. The molecule has 0 aliphatic rings. The van der Waals surface area contributed by atoms with Crippen LogP contribution in [0.25, 0.3) is 0 Å². The minimum absolute atomic E-state index is 0.207. The molecule has 0 atom stereocenters. The molecule has 0 amide bonds. The van der Waals surface area contributed by atoms with Crippen LogP contribution >= 0.6 is 0 Å². The van der Waals surface area contributed by atoms with Crippen molar-refractivity contribution < 1.29 is 15.0 Å². The molecule has 14 heavy (non-hydrogen) atoms. The zero-order chi connectivity index (χ0) is 11.0. The highest BCUT2D eigenvalue weighted by Crippen LogP contribution is 2.32. The van der Waals surface area contributed by atoms with E-state index in [0.29, 0.717) is 12.8 Å². The third kappa shape index (κ3) is 3.66. The molecule has 0 bridgehead atoms. The molecule has 2 N–H and O–H groups in total. The molecule has 3 nitrogen and oxygen atoms in total. The first-order valence-corrected chi connectivity index (χ1v) is 5.47. The van der Waals surface area contributed by atoms with Gasteiger partial charge in [-0.05, 0) is 25.7 Å². The van der Waals surface area contributed by atoms with E-state index in [2.05, 4.69) is 0 Å². The van der Waals surface area contributed by atoms with Crippen molar-refractivity contribution in [3.05, 3.63) is 0 Å². The SMILES string of the molecule is CCC(CC)(CCCCCO)C(=O)O. The summed E-state index contributed by atoms with van der Waals surface area (Å²) in [5, 5.41) is 17.7. The standard InChI is InChI=1S/C11H22O3/c1-3-11(4-2,10(13)14)8-6-5-7-9-12/h12H,3-9H2,1-2H3,(H,13,14). The molecule has 3 heteroatoms. The predicted octanol–water partition coefficient (Wildman–Crippen LogP) is 2.43. The van der Waals surface area contributed by atoms with E-state index in [0.717, 1.165) is 25.7 Å². The maximum Gasteiger partial charge on any atom is 0.309 e. The smallest absolute Gasteiger partial charge is 0.309 e. The fourth-order valence-electron chi connectivity index (χ4n) is 1.76. The van der Waals surface area contributed by atoms with E-state index < -0.39 is 11.4 Å². The highest BCUT2D eigenvalue weighted by Gasteiger charge is 2.33. The molecule has 0 aromatic rings. The van der Waals surface area contributed by atoms with Gasteiger partial charge in [-0.1, -0.05) is 26.7 Å². The van der Waals surface area contributed by atoms with Gasteiger partial charge in [-0.3, -0.25) is 4.79 Å². The highest BCUT2D eigenvalue weighted by atomic mass is 16.4. The number of carbonyl (C=O) groups is 1. The molecule has 0 fully saturated rings. The lowest BCUT2D eigenvalue weighted by atomic mass is 9.78. The second-order valence-electron chi connectivity index (χ2n) is 3.83. The molecule has 0 saturated carbocycles. The van der Waals surface area contributed by atoms with Gasteiger partial charge in [0, 0.05) is 6.61 Å². The van der Waals surface area contributed by atoms with Crippen LogP contribution < -0.4 is 0 Å². The van der Waals surface area contributed by atoms with Crippen molar-refractivity contribution in [3.63, 3.8) is 0 Å². The molecule has 0 aliphatic heterocycles. The molecule has 0 aromatic carbocycles. The minimum atomic E-state index is -0.675. The van der Waals surface area contributed by atoms with Gasteiger partial charge in [0.15, 0.2) is 0 Å². The van der Waals surface area contributed by atoms with Crippen molar-refractivity contribution in [1.29, 1.82) is 0 Å². The average Bonchev–Trinajstić information content (AvgIpc) is 2.18. The van der Waals surface area contributed by atoms with Gasteiger partial charge in [0.2, 0.25) is 0 Å². The summed E-state index contributed by atoms with van der Waals surface area (Å²) in [7, 11) is 0. The Bertz CT molecular complexity index is 162. The first-order valence-electron chi connectivity index (χ1n) is 5.47. The predicted molar refractivity (Wildman–Crippen MR) is 56.2 cm³/mol. The van der Waals surface area contributed by atoms with Gasteiger partial charge in [-0.25, -0.2) is 0 Å². The van der Waals surface area contributed by atoms with E-state index in [1.165, 1.54) is 0 Å². The summed E-state index contributed by atoms with van der Waals surface area (Å²) in [6, 6.07) is 0. The quantitative estimate of drug-likeness (QED) is 0.594. The van der Waals surface area contributed by atoms with Crippen LogP contribution in [0.5, 0.6) is 0 Å². The highest BCUT2D eigenvalue weighted by molar-refractivity contribution is 5.74. The summed E-state index contributed by atoms with van der Waals surface area (Å²) in [6.45, 7) is 4.08. The largest absolute Gasteiger partial charge is 0.481 e. The fraction of sp³-hybridized carbons (Fsp3) is 0.909. The molecule has 0 aromatic heterocycles. The van der Waals surface area contributed by atoms with Crippen LogP contribution in [0.15, 0.2) is 0 Å². The van der Waals surface area contributed by atoms with E-state index in [4.69, 9.17) is 10.2 Å². The molecule has 0 aliphatic carbocycles. The zero-order valence-electron chi connectivity index (χ0n) is 9.25. The lowest BCUT2D eigenvalue weighted by Gasteiger charge is -2.26. The molecule has 0 unspecified atom stereocenters. The summed E-state index contributed by atoms with van der Waals surface area (Å²) in [5.41, 5.74) is -0.532. The van der Waals surface area contributed by atoms with Crippen LogP contribution in [0.2, 0.25) is 0 Å². The van der Waals surface area contributed by atoms with Gasteiger partial charge in [0.1, 0.15) is 0 Å². The molecular formula is C11H22O3. The Balaban J connectivity index is 4.02. The van der Waals surface area contributed by atoms with Crippen LogP contribution in [0.3, 0.4) is 0 Å². The first-order chi connectivity index (χ1) is 6.63.